The summed E-state index contributed by atoms with van der Waals surface area (Å²) in [5.74, 6) is -0.832. The zero-order chi connectivity index (χ0) is 14.8. The molecule has 1 aromatic rings. The molecule has 0 atom stereocenters. The van der Waals surface area contributed by atoms with E-state index in [2.05, 4.69) is 4.98 Å². The summed E-state index contributed by atoms with van der Waals surface area (Å²) >= 11 is 0.466. The van der Waals surface area contributed by atoms with Crippen molar-refractivity contribution in [3.63, 3.8) is 0 Å². The van der Waals surface area contributed by atoms with Crippen molar-refractivity contribution in [2.24, 2.45) is 0 Å². The lowest BCUT2D eigenvalue weighted by Gasteiger charge is -2.12. The van der Waals surface area contributed by atoms with E-state index in [1.807, 2.05) is 0 Å². The van der Waals surface area contributed by atoms with Crippen LogP contribution in [0.25, 0.3) is 5.57 Å². The predicted molar refractivity (Wildman–Crippen MR) is 66.5 cm³/mol. The number of carbonyl (C=O) groups is 1. The van der Waals surface area contributed by atoms with Crippen molar-refractivity contribution in [2.75, 3.05) is 19.8 Å². The molecule has 2 heterocycles. The highest BCUT2D eigenvalue weighted by Gasteiger charge is 2.38. The maximum atomic E-state index is 12.7. The van der Waals surface area contributed by atoms with E-state index in [0.717, 1.165) is 0 Å². The predicted octanol–water partition coefficient (Wildman–Crippen LogP) is 3.14. The molecule has 0 amide bonds. The Kier molecular flexibility index (Phi) is 4.44. The number of ether oxygens (including phenoxy) is 2. The first-order chi connectivity index (χ1) is 9.43. The van der Waals surface area contributed by atoms with E-state index in [4.69, 9.17) is 9.47 Å². The van der Waals surface area contributed by atoms with Crippen LogP contribution in [-0.4, -0.2) is 30.8 Å². The molecule has 0 aliphatic carbocycles. The fraction of sp³-hybridized carbons (Fsp3) is 0.500. The molecule has 0 aromatic carbocycles. The highest BCUT2D eigenvalue weighted by Crippen LogP contribution is 2.38. The van der Waals surface area contributed by atoms with E-state index in [-0.39, 0.29) is 17.2 Å². The Morgan fingerprint density at radius 1 is 1.55 bits per heavy atom. The largest absolute Gasteiger partial charge is 0.461 e. The second-order valence-electron chi connectivity index (χ2n) is 3.97. The lowest BCUT2D eigenvalue weighted by molar-refractivity contribution is -0.137. The van der Waals surface area contributed by atoms with Crippen molar-refractivity contribution in [1.29, 1.82) is 0 Å². The summed E-state index contributed by atoms with van der Waals surface area (Å²) < 4.78 is 48.1. The summed E-state index contributed by atoms with van der Waals surface area (Å²) in [6.07, 6.45) is -2.46. The molecule has 0 saturated carbocycles. The summed E-state index contributed by atoms with van der Waals surface area (Å²) in [7, 11) is 0. The first kappa shape index (κ1) is 15.0. The Bertz CT molecular complexity index is 537. The number of rotatable bonds is 3. The van der Waals surface area contributed by atoms with E-state index in [1.165, 1.54) is 0 Å². The van der Waals surface area contributed by atoms with Crippen molar-refractivity contribution >= 4 is 22.9 Å². The van der Waals surface area contributed by atoms with Gasteiger partial charge in [0.05, 0.1) is 24.7 Å². The van der Waals surface area contributed by atoms with Crippen LogP contribution >= 0.6 is 11.3 Å². The molecule has 0 radical (unpaired) electrons. The topological polar surface area (TPSA) is 48.4 Å². The summed E-state index contributed by atoms with van der Waals surface area (Å²) in [6, 6.07) is 0. The summed E-state index contributed by atoms with van der Waals surface area (Å²) in [5, 5.41) is -1.04. The van der Waals surface area contributed by atoms with E-state index >= 15 is 0 Å². The van der Waals surface area contributed by atoms with E-state index in [1.54, 1.807) is 13.0 Å². The molecule has 0 bridgehead atoms. The number of esters is 1. The van der Waals surface area contributed by atoms with Gasteiger partial charge in [0.25, 0.3) is 0 Å². The number of hydrogen-bond acceptors (Lipinski definition) is 5. The molecule has 1 aromatic heterocycles. The minimum atomic E-state index is -4.57. The molecule has 1 aliphatic heterocycles. The van der Waals surface area contributed by atoms with E-state index in [9.17, 15) is 18.0 Å². The number of carbonyl (C=O) groups excluding carboxylic acids is 1. The van der Waals surface area contributed by atoms with Crippen LogP contribution in [0.3, 0.4) is 0 Å². The lowest BCUT2D eigenvalue weighted by atomic mass is 10.1. The molecule has 110 valence electrons. The second-order valence-corrected chi connectivity index (χ2v) is 4.97. The molecule has 1 aliphatic rings. The van der Waals surface area contributed by atoms with Crippen LogP contribution in [0.5, 0.6) is 0 Å². The Balaban J connectivity index is 2.44. The van der Waals surface area contributed by atoms with Crippen LogP contribution in [0, 0.1) is 0 Å². The van der Waals surface area contributed by atoms with Gasteiger partial charge in [-0.05, 0) is 18.9 Å². The molecule has 0 fully saturated rings. The molecule has 8 heteroatoms. The average molecular weight is 307 g/mol. The smallest absolute Gasteiger partial charge is 0.443 e. The minimum absolute atomic E-state index is 0.0826. The number of nitrogens with zero attached hydrogens (tertiary/aromatic N) is 1. The number of thiazole rings is 1. The van der Waals surface area contributed by atoms with Gasteiger partial charge in [-0.25, -0.2) is 9.78 Å². The van der Waals surface area contributed by atoms with Crippen LogP contribution in [0.1, 0.15) is 33.7 Å². The third-order valence-electron chi connectivity index (χ3n) is 2.59. The zero-order valence-electron chi connectivity index (χ0n) is 10.6. The van der Waals surface area contributed by atoms with Gasteiger partial charge in [0.15, 0.2) is 10.7 Å². The molecule has 4 nitrogen and oxygen atoms in total. The molecule has 2 rings (SSSR count). The van der Waals surface area contributed by atoms with Gasteiger partial charge in [0.2, 0.25) is 0 Å². The van der Waals surface area contributed by atoms with Gasteiger partial charge in [-0.3, -0.25) is 0 Å². The van der Waals surface area contributed by atoms with Gasteiger partial charge in [-0.1, -0.05) is 6.08 Å². The van der Waals surface area contributed by atoms with Crippen molar-refractivity contribution in [1.82, 2.24) is 4.98 Å². The number of alkyl halides is 3. The molecule has 20 heavy (non-hydrogen) atoms. The molecular formula is C12H12F3NO3S. The van der Waals surface area contributed by atoms with Crippen molar-refractivity contribution in [3.05, 3.63) is 21.7 Å². The van der Waals surface area contributed by atoms with Crippen LogP contribution in [0.15, 0.2) is 6.08 Å². The van der Waals surface area contributed by atoms with Crippen LogP contribution in [-0.2, 0) is 15.7 Å². The van der Waals surface area contributed by atoms with Gasteiger partial charge in [-0.15, -0.1) is 11.3 Å². The van der Waals surface area contributed by atoms with Gasteiger partial charge >= 0.3 is 12.1 Å². The monoisotopic (exact) mass is 307 g/mol. The highest BCUT2D eigenvalue weighted by molar-refractivity contribution is 7.13. The zero-order valence-corrected chi connectivity index (χ0v) is 11.4. The summed E-state index contributed by atoms with van der Waals surface area (Å²) in [6.45, 7) is 2.39. The second kappa shape index (κ2) is 5.92. The molecule has 0 N–H and O–H groups in total. The van der Waals surface area contributed by atoms with Crippen molar-refractivity contribution in [3.8, 4) is 0 Å². The van der Waals surface area contributed by atoms with Crippen LogP contribution in [0.2, 0.25) is 0 Å². The van der Waals surface area contributed by atoms with E-state index < -0.39 is 17.2 Å². The number of halogens is 3. The maximum Gasteiger partial charge on any atom is 0.443 e. The fourth-order valence-corrected chi connectivity index (χ4v) is 2.72. The normalized spacial score (nSPS) is 15.9. The Morgan fingerprint density at radius 2 is 2.30 bits per heavy atom. The lowest BCUT2D eigenvalue weighted by Crippen LogP contribution is -2.11. The SMILES string of the molecule is CCOC(=O)c1nc(C(F)(F)F)sc1C1=CCOCC1. The van der Waals surface area contributed by atoms with Crippen molar-refractivity contribution in [2.45, 2.75) is 19.5 Å². The van der Waals surface area contributed by atoms with E-state index in [0.29, 0.717) is 36.5 Å². The third kappa shape index (κ3) is 3.18. The third-order valence-corrected chi connectivity index (χ3v) is 3.77. The summed E-state index contributed by atoms with van der Waals surface area (Å²) in [4.78, 5) is 15.4. The van der Waals surface area contributed by atoms with Gasteiger partial charge in [0, 0.05) is 0 Å². The minimum Gasteiger partial charge on any atom is -0.461 e. The summed E-state index contributed by atoms with van der Waals surface area (Å²) in [5.41, 5.74) is 0.379. The highest BCUT2D eigenvalue weighted by atomic mass is 32.1. The quantitative estimate of drug-likeness (QED) is 0.805. The van der Waals surface area contributed by atoms with Crippen LogP contribution < -0.4 is 0 Å². The van der Waals surface area contributed by atoms with Crippen molar-refractivity contribution < 1.29 is 27.4 Å². The molecule has 0 spiro atoms. The maximum absolute atomic E-state index is 12.7. The number of hydrogen-bond donors (Lipinski definition) is 0. The Labute approximate surface area is 117 Å². The molecule has 0 unspecified atom stereocenters. The molecular weight excluding hydrogens is 295 g/mol. The molecule has 0 saturated heterocycles. The fourth-order valence-electron chi connectivity index (χ4n) is 1.73. The standard InChI is InChI=1S/C12H12F3NO3S/c1-2-19-10(17)8-9(7-3-5-18-6-4-7)20-11(16-8)12(13,14)15/h3H,2,4-6H2,1H3. The first-order valence-corrected chi connectivity index (χ1v) is 6.77. The van der Waals surface area contributed by atoms with Gasteiger partial charge in [-0.2, -0.15) is 13.2 Å². The average Bonchev–Trinajstić information content (AvgIpc) is 2.85. The van der Waals surface area contributed by atoms with Gasteiger partial charge in [0.1, 0.15) is 0 Å². The Hall–Kier alpha value is -1.41. The van der Waals surface area contributed by atoms with Crippen LogP contribution in [0.4, 0.5) is 13.2 Å². The van der Waals surface area contributed by atoms with Gasteiger partial charge < -0.3 is 9.47 Å². The first-order valence-electron chi connectivity index (χ1n) is 5.95. The Morgan fingerprint density at radius 3 is 2.85 bits per heavy atom. The number of aromatic nitrogens is 1.